The van der Waals surface area contributed by atoms with Crippen LogP contribution < -0.4 is 21.7 Å². The van der Waals surface area contributed by atoms with Gasteiger partial charge in [0.15, 0.2) is 11.4 Å². The van der Waals surface area contributed by atoms with E-state index in [4.69, 9.17) is 5.73 Å². The van der Waals surface area contributed by atoms with Gasteiger partial charge in [-0.2, -0.15) is 36.5 Å². The molecule has 0 spiro atoms. The molecular formula is C61H56F12N10O4. The fourth-order valence-corrected chi connectivity index (χ4v) is 9.55. The van der Waals surface area contributed by atoms with Gasteiger partial charge in [-0.15, -0.1) is 0 Å². The first-order valence-corrected chi connectivity index (χ1v) is 26.8. The first kappa shape index (κ1) is 65.2. The summed E-state index contributed by atoms with van der Waals surface area (Å²) < 4.78 is 167. The highest BCUT2D eigenvalue weighted by Crippen LogP contribution is 2.35. The molecule has 0 saturated heterocycles. The Balaban J connectivity index is 0.000000249. The molecule has 4 atom stereocenters. The summed E-state index contributed by atoms with van der Waals surface area (Å²) >= 11 is 0. The summed E-state index contributed by atoms with van der Waals surface area (Å²) in [5.74, 6) is -8.44. The van der Waals surface area contributed by atoms with E-state index in [0.29, 0.717) is 34.4 Å². The molecule has 0 aliphatic rings. The zero-order valence-corrected chi connectivity index (χ0v) is 46.9. The molecule has 0 bridgehead atoms. The van der Waals surface area contributed by atoms with Crippen LogP contribution in [0, 0.1) is 46.7 Å². The molecule has 26 heteroatoms. The predicted octanol–water partition coefficient (Wildman–Crippen LogP) is 12.6. The van der Waals surface area contributed by atoms with Gasteiger partial charge in [-0.05, 0) is 133 Å². The highest BCUT2D eigenvalue weighted by Gasteiger charge is 2.37. The number of halogens is 12. The van der Waals surface area contributed by atoms with Crippen molar-refractivity contribution < 1.29 is 71.9 Å². The highest BCUT2D eigenvalue weighted by atomic mass is 19.4. The normalized spacial score (nSPS) is 13.1. The third-order valence-electron chi connectivity index (χ3n) is 13.4. The Morgan fingerprint density at radius 1 is 0.529 bits per heavy atom. The van der Waals surface area contributed by atoms with Gasteiger partial charge in [0, 0.05) is 55.1 Å². The quantitative estimate of drug-likeness (QED) is 0.0542. The zero-order chi connectivity index (χ0) is 63.7. The van der Waals surface area contributed by atoms with Crippen molar-refractivity contribution in [2.75, 3.05) is 7.05 Å². The second-order valence-electron chi connectivity index (χ2n) is 20.9. The number of carbonyl (C=O) groups excluding carboxylic acids is 4. The number of primary amides is 1. The van der Waals surface area contributed by atoms with Crippen LogP contribution in [0.4, 0.5) is 52.7 Å². The molecule has 458 valence electrons. The average Bonchev–Trinajstić information content (AvgIpc) is 2.19. The Bertz CT molecular complexity index is 3730. The first-order valence-electron chi connectivity index (χ1n) is 26.8. The minimum Gasteiger partial charge on any atom is -0.366 e. The average molecular weight is 1220 g/mol. The van der Waals surface area contributed by atoms with E-state index < -0.39 is 112 Å². The van der Waals surface area contributed by atoms with Gasteiger partial charge in [0.25, 0.3) is 11.8 Å². The van der Waals surface area contributed by atoms with Crippen LogP contribution in [0.5, 0.6) is 0 Å². The number of nitrogens with zero attached hydrogens (tertiary/aromatic N) is 6. The van der Waals surface area contributed by atoms with Crippen molar-refractivity contribution in [2.24, 2.45) is 17.6 Å². The van der Waals surface area contributed by atoms with Gasteiger partial charge in [-0.3, -0.25) is 38.5 Å². The van der Waals surface area contributed by atoms with Crippen LogP contribution in [0.3, 0.4) is 0 Å². The topological polar surface area (TPSA) is 192 Å². The van der Waals surface area contributed by atoms with Crippen LogP contribution in [-0.2, 0) is 34.8 Å². The molecule has 0 unspecified atom stereocenters. The van der Waals surface area contributed by atoms with E-state index in [1.807, 2.05) is 0 Å². The molecule has 14 nitrogen and oxygen atoms in total. The van der Waals surface area contributed by atoms with Crippen LogP contribution in [0.25, 0.3) is 22.3 Å². The van der Waals surface area contributed by atoms with Crippen molar-refractivity contribution in [3.05, 3.63) is 214 Å². The largest absolute Gasteiger partial charge is 0.435 e. The summed E-state index contributed by atoms with van der Waals surface area (Å²) in [4.78, 5) is 60.4. The number of carbonyl (C=O) groups is 4. The lowest BCUT2D eigenvalue weighted by atomic mass is 9.93. The molecule has 4 heterocycles. The Kier molecular flexibility index (Phi) is 20.8. The number of nitrogens with one attached hydrogen (secondary N) is 3. The van der Waals surface area contributed by atoms with Gasteiger partial charge in [-0.25, -0.2) is 26.3 Å². The minimum atomic E-state index is -4.73. The van der Waals surface area contributed by atoms with E-state index >= 15 is 0 Å². The molecule has 5 N–H and O–H groups in total. The van der Waals surface area contributed by atoms with E-state index in [9.17, 15) is 71.9 Å². The molecular weight excluding hydrogens is 1160 g/mol. The number of hydrogen-bond donors (Lipinski definition) is 4. The summed E-state index contributed by atoms with van der Waals surface area (Å²) in [5, 5.41) is 15.1. The number of benzene rings is 4. The van der Waals surface area contributed by atoms with Gasteiger partial charge in [-0.1, -0.05) is 52.0 Å². The van der Waals surface area contributed by atoms with E-state index in [1.165, 1.54) is 43.7 Å². The molecule has 8 aromatic rings. The van der Waals surface area contributed by atoms with E-state index in [2.05, 4.69) is 36.1 Å². The molecule has 0 fully saturated rings. The lowest BCUT2D eigenvalue weighted by Crippen LogP contribution is -2.37. The number of pyridine rings is 2. The third kappa shape index (κ3) is 17.0. The molecule has 0 aliphatic heterocycles. The monoisotopic (exact) mass is 1220 g/mol. The van der Waals surface area contributed by atoms with Crippen LogP contribution >= 0.6 is 0 Å². The minimum absolute atomic E-state index is 0.112. The standard InChI is InChI=1S/C31H29F6N5O2.C30H27F6N5O2/c1-17(2)11-26(42-10-8-27(41-42)31(35,36)37)30(44)40-25(14-18-12-20(32)16-21(33)13-18)28-22(5-4-9-39-28)19-6-7-24(34)23(15-19)29(43)38-3;1-16(2)10-25(41-9-7-26(40-41)30(34,35)36)29(43)39-24(13-17-11-19(31)15-20(32)12-17)27-21(4-3-8-38-27)18-5-6-23(33)22(14-18)28(37)42/h4-10,12-13,15-17,25-26H,11,14H2,1-3H3,(H,38,43)(H,40,44);3-9,11-12,14-16,24-25H,10,13H2,1-2H3,(H2,37,42)(H,39,43)/t25-,26+;24-,25-/m00/s1. The van der Waals surface area contributed by atoms with Crippen molar-refractivity contribution in [1.29, 1.82) is 0 Å². The second-order valence-corrected chi connectivity index (χ2v) is 20.9. The molecule has 0 aliphatic carbocycles. The lowest BCUT2D eigenvalue weighted by molar-refractivity contribution is -0.142. The van der Waals surface area contributed by atoms with Crippen LogP contribution in [0.2, 0.25) is 0 Å². The Hall–Kier alpha value is -9.36. The SMILES string of the molecule is CC(C)C[C@@H](C(=O)N[C@@H](Cc1cc(F)cc(F)c1)c1ncccc1-c1ccc(F)c(C(N)=O)c1)n1ccc(C(F)(F)F)n1.CNC(=O)c1cc(-c2cccnc2[C@H](Cc2cc(F)cc(F)c2)NC(=O)[C@@H](CC(C)C)n2ccc(C(F)(F)F)n2)ccc1F. The number of alkyl halides is 6. The fraction of sp³-hybridized carbons (Fsp3) is 0.279. The Morgan fingerprint density at radius 2 is 0.908 bits per heavy atom. The maximum absolute atomic E-state index is 14.5. The highest BCUT2D eigenvalue weighted by molar-refractivity contribution is 5.96. The molecule has 8 rings (SSSR count). The smallest absolute Gasteiger partial charge is 0.366 e. The van der Waals surface area contributed by atoms with Gasteiger partial charge in [0.2, 0.25) is 11.8 Å². The van der Waals surface area contributed by atoms with E-state index in [0.717, 1.165) is 70.3 Å². The Morgan fingerprint density at radius 3 is 1.25 bits per heavy atom. The van der Waals surface area contributed by atoms with Gasteiger partial charge in [0.1, 0.15) is 47.0 Å². The number of hydrogen-bond acceptors (Lipinski definition) is 8. The number of amides is 4. The fourth-order valence-electron chi connectivity index (χ4n) is 9.55. The van der Waals surface area contributed by atoms with Crippen molar-refractivity contribution in [1.82, 2.24) is 45.5 Å². The van der Waals surface area contributed by atoms with Crippen molar-refractivity contribution in [3.63, 3.8) is 0 Å². The van der Waals surface area contributed by atoms with E-state index in [-0.39, 0.29) is 65.6 Å². The predicted molar refractivity (Wildman–Crippen MR) is 295 cm³/mol. The number of rotatable bonds is 20. The van der Waals surface area contributed by atoms with Crippen molar-refractivity contribution >= 4 is 23.6 Å². The van der Waals surface area contributed by atoms with Crippen molar-refractivity contribution in [2.45, 2.75) is 89.9 Å². The van der Waals surface area contributed by atoms with Crippen LogP contribution in [0.1, 0.15) is 119 Å². The summed E-state index contributed by atoms with van der Waals surface area (Å²) in [6.07, 6.45) is -4.63. The Labute approximate surface area is 490 Å². The summed E-state index contributed by atoms with van der Waals surface area (Å²) in [6, 6.07) is 16.5. The maximum atomic E-state index is 14.5. The molecule has 4 amide bonds. The summed E-state index contributed by atoms with van der Waals surface area (Å²) in [5.41, 5.74) is 4.42. The van der Waals surface area contributed by atoms with Crippen LogP contribution in [0.15, 0.2) is 134 Å². The molecule has 4 aromatic carbocycles. The van der Waals surface area contributed by atoms with Gasteiger partial charge >= 0.3 is 12.4 Å². The van der Waals surface area contributed by atoms with Gasteiger partial charge < -0.3 is 21.7 Å². The maximum Gasteiger partial charge on any atom is 0.435 e. The van der Waals surface area contributed by atoms with E-state index in [1.54, 1.807) is 52.0 Å². The van der Waals surface area contributed by atoms with Crippen LogP contribution in [-0.4, -0.2) is 60.2 Å². The zero-order valence-electron chi connectivity index (χ0n) is 46.9. The second kappa shape index (κ2) is 27.8. The number of aromatic nitrogens is 6. The number of nitrogens with two attached hydrogens (primary N) is 1. The molecule has 4 aromatic heterocycles. The third-order valence-corrected chi connectivity index (χ3v) is 13.4. The lowest BCUT2D eigenvalue weighted by Gasteiger charge is -2.25. The molecule has 0 saturated carbocycles. The molecule has 87 heavy (non-hydrogen) atoms. The van der Waals surface area contributed by atoms with Crippen molar-refractivity contribution in [3.8, 4) is 22.3 Å². The molecule has 0 radical (unpaired) electrons. The first-order chi connectivity index (χ1) is 41.0. The summed E-state index contributed by atoms with van der Waals surface area (Å²) in [6.45, 7) is 7.14. The van der Waals surface area contributed by atoms with Gasteiger partial charge in [0.05, 0.1) is 34.6 Å². The summed E-state index contributed by atoms with van der Waals surface area (Å²) in [7, 11) is 1.35.